The maximum absolute atomic E-state index is 12.3. The van der Waals surface area contributed by atoms with Gasteiger partial charge >= 0.3 is 0 Å². The van der Waals surface area contributed by atoms with Crippen molar-refractivity contribution in [3.63, 3.8) is 0 Å². The van der Waals surface area contributed by atoms with Crippen molar-refractivity contribution in [2.24, 2.45) is 0 Å². The summed E-state index contributed by atoms with van der Waals surface area (Å²) >= 11 is 3.43. The standard InChI is InChI=1S/C14H19BrN2O3/c1-10(14(18)17-5-7-20-8-6-17)16-11-3-4-13(19-2)12(15)9-11/h3-4,9-10,16H,5-8H2,1-2H3/t10-/m0/s1. The molecule has 1 saturated heterocycles. The number of methoxy groups -OCH3 is 1. The lowest BCUT2D eigenvalue weighted by Gasteiger charge is -2.29. The highest BCUT2D eigenvalue weighted by molar-refractivity contribution is 9.10. The fraction of sp³-hybridized carbons (Fsp3) is 0.500. The van der Waals surface area contributed by atoms with Crippen LogP contribution < -0.4 is 10.1 Å². The minimum Gasteiger partial charge on any atom is -0.496 e. The number of halogens is 1. The molecule has 1 atom stereocenters. The Morgan fingerprint density at radius 1 is 1.45 bits per heavy atom. The first kappa shape index (κ1) is 15.1. The number of carbonyl (C=O) groups excluding carboxylic acids is 1. The van der Waals surface area contributed by atoms with Crippen LogP contribution in [0.2, 0.25) is 0 Å². The molecule has 1 N–H and O–H groups in total. The fourth-order valence-corrected chi connectivity index (χ4v) is 2.67. The lowest BCUT2D eigenvalue weighted by atomic mass is 10.2. The van der Waals surface area contributed by atoms with Gasteiger partial charge in [0.2, 0.25) is 5.91 Å². The summed E-state index contributed by atoms with van der Waals surface area (Å²) in [5, 5.41) is 3.21. The van der Waals surface area contributed by atoms with Gasteiger partial charge in [0.05, 0.1) is 24.8 Å². The number of morpholine rings is 1. The van der Waals surface area contributed by atoms with Crippen LogP contribution in [0.15, 0.2) is 22.7 Å². The Morgan fingerprint density at radius 2 is 2.15 bits per heavy atom. The van der Waals surface area contributed by atoms with Crippen LogP contribution in [0, 0.1) is 0 Å². The van der Waals surface area contributed by atoms with Crippen molar-refractivity contribution in [1.29, 1.82) is 0 Å². The molecular weight excluding hydrogens is 324 g/mol. The van der Waals surface area contributed by atoms with E-state index in [2.05, 4.69) is 21.2 Å². The van der Waals surface area contributed by atoms with Crippen molar-refractivity contribution in [1.82, 2.24) is 4.90 Å². The van der Waals surface area contributed by atoms with E-state index in [1.54, 1.807) is 7.11 Å². The average Bonchev–Trinajstić information content (AvgIpc) is 2.47. The van der Waals surface area contributed by atoms with Crippen molar-refractivity contribution in [2.75, 3.05) is 38.7 Å². The van der Waals surface area contributed by atoms with Gasteiger partial charge < -0.3 is 19.7 Å². The van der Waals surface area contributed by atoms with Gasteiger partial charge in [-0.3, -0.25) is 4.79 Å². The van der Waals surface area contributed by atoms with Crippen molar-refractivity contribution >= 4 is 27.5 Å². The van der Waals surface area contributed by atoms with E-state index in [4.69, 9.17) is 9.47 Å². The zero-order valence-corrected chi connectivity index (χ0v) is 13.3. The Hall–Kier alpha value is -1.27. The van der Waals surface area contributed by atoms with Gasteiger partial charge in [-0.1, -0.05) is 0 Å². The monoisotopic (exact) mass is 342 g/mol. The third-order valence-electron chi connectivity index (χ3n) is 3.23. The lowest BCUT2D eigenvalue weighted by molar-refractivity contribution is -0.135. The van der Waals surface area contributed by atoms with Gasteiger partial charge in [0.15, 0.2) is 0 Å². The summed E-state index contributed by atoms with van der Waals surface area (Å²) in [4.78, 5) is 14.1. The molecule has 0 aliphatic carbocycles. The zero-order chi connectivity index (χ0) is 14.5. The molecule has 1 aromatic carbocycles. The van der Waals surface area contributed by atoms with Gasteiger partial charge in [-0.2, -0.15) is 0 Å². The first-order valence-electron chi connectivity index (χ1n) is 6.58. The number of nitrogens with zero attached hydrogens (tertiary/aromatic N) is 1. The Bertz CT molecular complexity index is 475. The van der Waals surface area contributed by atoms with Crippen molar-refractivity contribution in [2.45, 2.75) is 13.0 Å². The predicted molar refractivity (Wildman–Crippen MR) is 81.2 cm³/mol. The van der Waals surface area contributed by atoms with E-state index in [0.29, 0.717) is 26.3 Å². The average molecular weight is 343 g/mol. The minimum absolute atomic E-state index is 0.0974. The molecule has 1 fully saturated rings. The van der Waals surface area contributed by atoms with Crippen LogP contribution in [0.3, 0.4) is 0 Å². The van der Waals surface area contributed by atoms with E-state index in [9.17, 15) is 4.79 Å². The van der Waals surface area contributed by atoms with Gasteiger partial charge in [-0.25, -0.2) is 0 Å². The van der Waals surface area contributed by atoms with E-state index >= 15 is 0 Å². The molecule has 0 radical (unpaired) electrons. The van der Waals surface area contributed by atoms with Crippen LogP contribution in [-0.2, 0) is 9.53 Å². The van der Waals surface area contributed by atoms with Gasteiger partial charge in [0, 0.05) is 18.8 Å². The highest BCUT2D eigenvalue weighted by Crippen LogP contribution is 2.28. The van der Waals surface area contributed by atoms with E-state index in [1.165, 1.54) is 0 Å². The first-order chi connectivity index (χ1) is 9.61. The van der Waals surface area contributed by atoms with Crippen LogP contribution in [0.4, 0.5) is 5.69 Å². The third-order valence-corrected chi connectivity index (χ3v) is 3.85. The summed E-state index contributed by atoms with van der Waals surface area (Å²) in [7, 11) is 1.62. The normalized spacial score (nSPS) is 16.6. The second-order valence-corrected chi connectivity index (χ2v) is 5.51. The zero-order valence-electron chi connectivity index (χ0n) is 11.7. The molecule has 2 rings (SSSR count). The number of ether oxygens (including phenoxy) is 2. The first-order valence-corrected chi connectivity index (χ1v) is 7.37. The van der Waals surface area contributed by atoms with Crippen molar-refractivity contribution in [3.05, 3.63) is 22.7 Å². The number of benzene rings is 1. The van der Waals surface area contributed by atoms with Gasteiger partial charge in [-0.05, 0) is 41.1 Å². The quantitative estimate of drug-likeness (QED) is 0.910. The molecule has 5 nitrogen and oxygen atoms in total. The second-order valence-electron chi connectivity index (χ2n) is 4.65. The van der Waals surface area contributed by atoms with Gasteiger partial charge in [-0.15, -0.1) is 0 Å². The molecule has 0 saturated carbocycles. The molecule has 1 aliphatic heterocycles. The lowest BCUT2D eigenvalue weighted by Crippen LogP contribution is -2.46. The number of hydrogen-bond acceptors (Lipinski definition) is 4. The number of rotatable bonds is 4. The Balaban J connectivity index is 1.98. The SMILES string of the molecule is COc1ccc(N[C@@H](C)C(=O)N2CCOCC2)cc1Br. The molecule has 1 amide bonds. The Morgan fingerprint density at radius 3 is 2.75 bits per heavy atom. The maximum atomic E-state index is 12.3. The number of anilines is 1. The van der Waals surface area contributed by atoms with E-state index in [-0.39, 0.29) is 11.9 Å². The Labute approximate surface area is 127 Å². The summed E-state index contributed by atoms with van der Waals surface area (Å²) in [6, 6.07) is 5.39. The number of carbonyl (C=O) groups is 1. The second kappa shape index (κ2) is 6.95. The fourth-order valence-electron chi connectivity index (χ4n) is 2.13. The molecule has 6 heteroatoms. The van der Waals surface area contributed by atoms with Crippen LogP contribution in [0.25, 0.3) is 0 Å². The summed E-state index contributed by atoms with van der Waals surface area (Å²) in [5.74, 6) is 0.864. The molecule has 1 aromatic rings. The topological polar surface area (TPSA) is 50.8 Å². The van der Waals surface area contributed by atoms with Crippen molar-refractivity contribution < 1.29 is 14.3 Å². The highest BCUT2D eigenvalue weighted by atomic mass is 79.9. The number of amides is 1. The van der Waals surface area contributed by atoms with Gasteiger partial charge in [0.25, 0.3) is 0 Å². The smallest absolute Gasteiger partial charge is 0.244 e. The molecule has 1 aliphatic rings. The van der Waals surface area contributed by atoms with Crippen LogP contribution in [-0.4, -0.2) is 50.3 Å². The Kier molecular flexibility index (Phi) is 5.25. The molecule has 0 bridgehead atoms. The van der Waals surface area contributed by atoms with E-state index in [0.717, 1.165) is 15.9 Å². The minimum atomic E-state index is -0.270. The van der Waals surface area contributed by atoms with Crippen LogP contribution in [0.1, 0.15) is 6.92 Å². The maximum Gasteiger partial charge on any atom is 0.244 e. The van der Waals surface area contributed by atoms with Gasteiger partial charge in [0.1, 0.15) is 11.8 Å². The molecular formula is C14H19BrN2O3. The van der Waals surface area contributed by atoms with Crippen LogP contribution in [0.5, 0.6) is 5.75 Å². The molecule has 1 heterocycles. The number of nitrogens with one attached hydrogen (secondary N) is 1. The molecule has 0 aromatic heterocycles. The molecule has 110 valence electrons. The van der Waals surface area contributed by atoms with Crippen molar-refractivity contribution in [3.8, 4) is 5.75 Å². The summed E-state index contributed by atoms with van der Waals surface area (Å²) < 4.78 is 11.3. The molecule has 20 heavy (non-hydrogen) atoms. The molecule has 0 unspecified atom stereocenters. The van der Waals surface area contributed by atoms with Crippen LogP contribution >= 0.6 is 15.9 Å². The number of hydrogen-bond donors (Lipinski definition) is 1. The predicted octanol–water partition coefficient (Wildman–Crippen LogP) is 2.12. The highest BCUT2D eigenvalue weighted by Gasteiger charge is 2.22. The summed E-state index contributed by atoms with van der Waals surface area (Å²) in [6.07, 6.45) is 0. The summed E-state index contributed by atoms with van der Waals surface area (Å²) in [6.45, 7) is 4.43. The largest absolute Gasteiger partial charge is 0.496 e. The molecule has 0 spiro atoms. The summed E-state index contributed by atoms with van der Waals surface area (Å²) in [5.41, 5.74) is 0.881. The van der Waals surface area contributed by atoms with E-state index < -0.39 is 0 Å². The third kappa shape index (κ3) is 3.64. The van der Waals surface area contributed by atoms with E-state index in [1.807, 2.05) is 30.0 Å².